The first-order chi connectivity index (χ1) is 23.7. The molecule has 0 spiro atoms. The number of aryl methyl sites for hydroxylation is 2. The van der Waals surface area contributed by atoms with Gasteiger partial charge in [0.15, 0.2) is 5.76 Å². The average molecular weight is 717 g/mol. The van der Waals surface area contributed by atoms with Crippen molar-refractivity contribution in [1.29, 1.82) is 0 Å². The number of carbonyl (C=O) groups is 2. The summed E-state index contributed by atoms with van der Waals surface area (Å²) < 4.78 is 59.4. The van der Waals surface area contributed by atoms with E-state index in [1.54, 1.807) is 44.0 Å². The van der Waals surface area contributed by atoms with Gasteiger partial charge in [0.05, 0.1) is 22.7 Å². The molecular formula is C35H49FN6O7S. The van der Waals surface area contributed by atoms with E-state index in [9.17, 15) is 22.4 Å². The highest BCUT2D eigenvalue weighted by molar-refractivity contribution is 7.89. The zero-order valence-corrected chi connectivity index (χ0v) is 30.6. The zero-order chi connectivity index (χ0) is 36.6. The molecule has 15 heteroatoms. The summed E-state index contributed by atoms with van der Waals surface area (Å²) in [7, 11) is -0.671. The topological polar surface area (TPSA) is 155 Å². The number of halogens is 1. The summed E-state index contributed by atoms with van der Waals surface area (Å²) in [4.78, 5) is 29.2. The van der Waals surface area contributed by atoms with Gasteiger partial charge in [0.1, 0.15) is 22.9 Å². The van der Waals surface area contributed by atoms with E-state index in [-0.39, 0.29) is 47.5 Å². The summed E-state index contributed by atoms with van der Waals surface area (Å²) in [6, 6.07) is 8.86. The second kappa shape index (κ2) is 17.2. The van der Waals surface area contributed by atoms with E-state index in [0.29, 0.717) is 48.2 Å². The van der Waals surface area contributed by atoms with Crippen LogP contribution < -0.4 is 20.7 Å². The number of hydrogen-bond acceptors (Lipinski definition) is 9. The maximum absolute atomic E-state index is 14.6. The van der Waals surface area contributed by atoms with Crippen LogP contribution in [0, 0.1) is 25.6 Å². The van der Waals surface area contributed by atoms with E-state index >= 15 is 0 Å². The van der Waals surface area contributed by atoms with Crippen LogP contribution >= 0.6 is 0 Å². The number of hydrogen-bond donors (Lipinski definition) is 3. The number of amides is 3. The number of fused-ring (bicyclic) bond motifs is 1. The molecule has 3 amide bonds. The first-order valence-corrected chi connectivity index (χ1v) is 18.3. The van der Waals surface area contributed by atoms with Gasteiger partial charge in [-0.25, -0.2) is 17.6 Å². The largest absolute Gasteiger partial charge is 0.490 e. The third kappa shape index (κ3) is 9.80. The fourth-order valence-electron chi connectivity index (χ4n) is 5.85. The highest BCUT2D eigenvalue weighted by Gasteiger charge is 2.32. The van der Waals surface area contributed by atoms with Gasteiger partial charge < -0.3 is 34.8 Å². The Morgan fingerprint density at radius 1 is 1.12 bits per heavy atom. The second-order valence-corrected chi connectivity index (χ2v) is 14.9. The number of aromatic nitrogens is 1. The van der Waals surface area contributed by atoms with E-state index in [0.717, 1.165) is 25.0 Å². The number of rotatable bonds is 9. The van der Waals surface area contributed by atoms with Crippen LogP contribution in [0.5, 0.6) is 5.75 Å². The molecule has 0 bridgehead atoms. The summed E-state index contributed by atoms with van der Waals surface area (Å²) in [6.07, 6.45) is 1.40. The number of sulfonamides is 1. The Hall–Kier alpha value is -4.05. The molecule has 0 saturated carbocycles. The highest BCUT2D eigenvalue weighted by Crippen LogP contribution is 2.29. The van der Waals surface area contributed by atoms with Crippen LogP contribution in [-0.2, 0) is 14.8 Å². The third-order valence-electron chi connectivity index (χ3n) is 8.78. The van der Waals surface area contributed by atoms with Crippen molar-refractivity contribution >= 4 is 33.3 Å². The van der Waals surface area contributed by atoms with Crippen molar-refractivity contribution in [2.75, 3.05) is 51.0 Å². The second-order valence-electron chi connectivity index (χ2n) is 12.9. The number of benzene rings is 2. The number of ether oxygens (including phenoxy) is 2. The molecule has 0 saturated heterocycles. The van der Waals surface area contributed by atoms with Gasteiger partial charge in [-0.05, 0) is 96.5 Å². The Bertz CT molecular complexity index is 1700. The van der Waals surface area contributed by atoms with Crippen LogP contribution in [0.1, 0.15) is 61.8 Å². The van der Waals surface area contributed by atoms with Crippen LogP contribution in [0.3, 0.4) is 0 Å². The summed E-state index contributed by atoms with van der Waals surface area (Å²) in [6.45, 7) is 10.3. The molecular weight excluding hydrogens is 667 g/mol. The minimum Gasteiger partial charge on any atom is -0.490 e. The lowest BCUT2D eigenvalue weighted by molar-refractivity contribution is -0.00597. The zero-order valence-electron chi connectivity index (χ0n) is 29.8. The van der Waals surface area contributed by atoms with Gasteiger partial charge in [0.25, 0.3) is 5.91 Å². The summed E-state index contributed by atoms with van der Waals surface area (Å²) in [5, 5.41) is 12.6. The Morgan fingerprint density at radius 2 is 1.84 bits per heavy atom. The van der Waals surface area contributed by atoms with Crippen molar-refractivity contribution in [3.8, 4) is 5.75 Å². The van der Waals surface area contributed by atoms with Crippen LogP contribution in [0.4, 0.5) is 20.6 Å². The monoisotopic (exact) mass is 716 g/mol. The van der Waals surface area contributed by atoms with Crippen LogP contribution in [0.15, 0.2) is 51.9 Å². The van der Waals surface area contributed by atoms with Crippen LogP contribution in [0.2, 0.25) is 0 Å². The predicted molar refractivity (Wildman–Crippen MR) is 189 cm³/mol. The third-order valence-corrected chi connectivity index (χ3v) is 10.6. The van der Waals surface area contributed by atoms with Gasteiger partial charge in [-0.1, -0.05) is 12.1 Å². The lowest BCUT2D eigenvalue weighted by Gasteiger charge is -2.36. The lowest BCUT2D eigenvalue weighted by Crippen LogP contribution is -2.49. The molecule has 0 aliphatic carbocycles. The lowest BCUT2D eigenvalue weighted by atomic mass is 10.0. The summed E-state index contributed by atoms with van der Waals surface area (Å²) >= 11 is 0. The van der Waals surface area contributed by atoms with Crippen molar-refractivity contribution in [3.63, 3.8) is 0 Å². The quantitative estimate of drug-likeness (QED) is 0.263. The number of carbonyl (C=O) groups excluding carboxylic acids is 2. The molecule has 4 rings (SSSR count). The number of nitrogens with zero attached hydrogens (tertiary/aromatic N) is 3. The molecule has 3 N–H and O–H groups in total. The van der Waals surface area contributed by atoms with Crippen LogP contribution in [0.25, 0.3) is 0 Å². The molecule has 3 aromatic rings. The van der Waals surface area contributed by atoms with E-state index in [1.165, 1.54) is 23.5 Å². The Balaban J connectivity index is 1.65. The van der Waals surface area contributed by atoms with Crippen molar-refractivity contribution in [1.82, 2.24) is 19.7 Å². The Kier molecular flexibility index (Phi) is 13.4. The first kappa shape index (κ1) is 38.7. The fraction of sp³-hybridized carbons (Fsp3) is 0.514. The van der Waals surface area contributed by atoms with Crippen molar-refractivity contribution in [2.24, 2.45) is 5.92 Å². The molecule has 0 unspecified atom stereocenters. The molecule has 0 fully saturated rings. The average Bonchev–Trinajstić information content (AvgIpc) is 3.38. The van der Waals surface area contributed by atoms with E-state index < -0.39 is 28.0 Å². The van der Waals surface area contributed by atoms with E-state index in [2.05, 4.69) is 21.1 Å². The van der Waals surface area contributed by atoms with Gasteiger partial charge in [-0.15, -0.1) is 0 Å². The van der Waals surface area contributed by atoms with Crippen LogP contribution in [-0.4, -0.2) is 93.3 Å². The molecule has 50 heavy (non-hydrogen) atoms. The SMILES string of the molecule is CNC[C@H](C)N1C[C@@H](C)[C@H](CN(C)S(=O)(=O)c2ccc(F)cc2)OCCCC[C@H](C)Oc2ccc(NC(=O)Nc3c(C)noc3C)cc2C1=O. The molecule has 1 aliphatic heterocycles. The van der Waals surface area contributed by atoms with Gasteiger partial charge in [0.2, 0.25) is 10.0 Å². The van der Waals surface area contributed by atoms with Gasteiger partial charge >= 0.3 is 6.03 Å². The number of likely N-dealkylation sites (N-methyl/N-ethyl adjacent to an activating group) is 2. The van der Waals surface area contributed by atoms with E-state index in [4.69, 9.17) is 14.0 Å². The molecule has 13 nitrogen and oxygen atoms in total. The summed E-state index contributed by atoms with van der Waals surface area (Å²) in [5.74, 6) is -0.302. The molecule has 2 aromatic carbocycles. The first-order valence-electron chi connectivity index (χ1n) is 16.8. The molecule has 0 radical (unpaired) electrons. The predicted octanol–water partition coefficient (Wildman–Crippen LogP) is 5.42. The molecule has 1 aliphatic rings. The van der Waals surface area contributed by atoms with Gasteiger partial charge in [-0.2, -0.15) is 4.31 Å². The minimum absolute atomic E-state index is 0.0216. The maximum Gasteiger partial charge on any atom is 0.323 e. The number of anilines is 2. The van der Waals surface area contributed by atoms with Crippen molar-refractivity contribution < 1.29 is 36.4 Å². The maximum atomic E-state index is 14.6. The van der Waals surface area contributed by atoms with Gasteiger partial charge in [-0.3, -0.25) is 4.79 Å². The smallest absolute Gasteiger partial charge is 0.323 e. The highest BCUT2D eigenvalue weighted by atomic mass is 32.2. The molecule has 2 heterocycles. The summed E-state index contributed by atoms with van der Waals surface area (Å²) in [5.41, 5.74) is 1.64. The van der Waals surface area contributed by atoms with Gasteiger partial charge in [0, 0.05) is 50.9 Å². The molecule has 4 atom stereocenters. The minimum atomic E-state index is -3.94. The fourth-order valence-corrected chi connectivity index (χ4v) is 7.03. The standard InChI is InChI=1S/C35H49FN6O7S/c1-22-20-42(23(2)19-37-6)34(43)30-18-28(38-35(44)39-33-25(4)40-49-26(33)5)13-16-31(30)48-24(3)10-8-9-17-47-32(22)21-41(7)50(45,46)29-14-11-27(36)12-15-29/h11-16,18,22-24,32,37H,8-10,17,19-21H2,1-7H3,(H2,38,39,44)/t22-,23+,24+,32+/m1/s1. The Morgan fingerprint density at radius 3 is 2.50 bits per heavy atom. The molecule has 1 aromatic heterocycles. The van der Waals surface area contributed by atoms with Crippen molar-refractivity contribution in [3.05, 3.63) is 65.3 Å². The number of nitrogens with one attached hydrogen (secondary N) is 3. The van der Waals surface area contributed by atoms with E-state index in [1.807, 2.05) is 20.8 Å². The Labute approximate surface area is 293 Å². The number of urea groups is 1. The van der Waals surface area contributed by atoms with Crippen molar-refractivity contribution in [2.45, 2.75) is 77.0 Å². The normalized spacial score (nSPS) is 20.1. The molecule has 274 valence electrons.